The second kappa shape index (κ2) is 4.83. The van der Waals surface area contributed by atoms with Crippen LogP contribution in [0.1, 0.15) is 39.5 Å². The van der Waals surface area contributed by atoms with Crippen LogP contribution in [-0.4, -0.2) is 30.1 Å². The van der Waals surface area contributed by atoms with Crippen LogP contribution >= 0.6 is 0 Å². The molecule has 0 aromatic rings. The first kappa shape index (κ1) is 10.0. The Kier molecular flexibility index (Phi) is 4.02. The normalized spacial score (nSPS) is 28.8. The van der Waals surface area contributed by atoms with Crippen LogP contribution in [0.2, 0.25) is 0 Å². The van der Waals surface area contributed by atoms with Gasteiger partial charge in [0.05, 0.1) is 0 Å². The molecule has 0 aromatic carbocycles. The van der Waals surface area contributed by atoms with Crippen LogP contribution in [0, 0.1) is 0 Å². The van der Waals surface area contributed by atoms with Gasteiger partial charge in [-0.05, 0) is 32.7 Å². The van der Waals surface area contributed by atoms with Gasteiger partial charge in [0.25, 0.3) is 0 Å². The van der Waals surface area contributed by atoms with E-state index in [1.807, 2.05) is 0 Å². The van der Waals surface area contributed by atoms with Crippen molar-refractivity contribution in [1.82, 2.24) is 4.90 Å². The van der Waals surface area contributed by atoms with Gasteiger partial charge in [-0.2, -0.15) is 0 Å². The van der Waals surface area contributed by atoms with Crippen LogP contribution in [-0.2, 0) is 0 Å². The Balaban J connectivity index is 2.29. The maximum Gasteiger partial charge on any atom is 0.0168 e. The second-order valence-electron chi connectivity index (χ2n) is 4.03. The molecule has 1 rings (SSSR count). The Morgan fingerprint density at radius 2 is 2.33 bits per heavy atom. The lowest BCUT2D eigenvalue weighted by molar-refractivity contribution is 0.152. The molecule has 2 N–H and O–H groups in total. The molecular weight excluding hydrogens is 148 g/mol. The zero-order chi connectivity index (χ0) is 8.97. The number of hydrogen-bond donors (Lipinski definition) is 1. The smallest absolute Gasteiger partial charge is 0.0168 e. The molecule has 0 saturated carbocycles. The van der Waals surface area contributed by atoms with E-state index in [0.717, 1.165) is 12.6 Å². The van der Waals surface area contributed by atoms with Gasteiger partial charge in [0.1, 0.15) is 0 Å². The van der Waals surface area contributed by atoms with Crippen LogP contribution in [0.15, 0.2) is 0 Å². The van der Waals surface area contributed by atoms with Gasteiger partial charge in [-0.15, -0.1) is 0 Å². The number of nitrogens with zero attached hydrogens (tertiary/aromatic N) is 1. The highest BCUT2D eigenvalue weighted by Gasteiger charge is 2.20. The van der Waals surface area contributed by atoms with Crippen LogP contribution < -0.4 is 5.73 Å². The molecule has 0 aromatic heterocycles. The van der Waals surface area contributed by atoms with E-state index in [4.69, 9.17) is 5.73 Å². The van der Waals surface area contributed by atoms with Gasteiger partial charge in [0.2, 0.25) is 0 Å². The highest BCUT2D eigenvalue weighted by atomic mass is 15.2. The molecule has 2 heteroatoms. The molecule has 1 saturated heterocycles. The van der Waals surface area contributed by atoms with Gasteiger partial charge in [0, 0.05) is 18.6 Å². The first-order valence-electron chi connectivity index (χ1n) is 5.23. The van der Waals surface area contributed by atoms with Crippen LogP contribution in [0.4, 0.5) is 0 Å². The molecule has 2 atom stereocenters. The summed E-state index contributed by atoms with van der Waals surface area (Å²) < 4.78 is 0. The molecule has 0 aliphatic carbocycles. The number of hydrogen-bond acceptors (Lipinski definition) is 2. The predicted octanol–water partition coefficient (Wildman–Crippen LogP) is 1.60. The van der Waals surface area contributed by atoms with Crippen LogP contribution in [0.25, 0.3) is 0 Å². The predicted molar refractivity (Wildman–Crippen MR) is 53.2 cm³/mol. The highest BCUT2D eigenvalue weighted by molar-refractivity contribution is 4.78. The van der Waals surface area contributed by atoms with Gasteiger partial charge >= 0.3 is 0 Å². The third kappa shape index (κ3) is 2.76. The Hall–Kier alpha value is -0.0800. The Labute approximate surface area is 76.1 Å². The summed E-state index contributed by atoms with van der Waals surface area (Å²) >= 11 is 0. The van der Waals surface area contributed by atoms with Gasteiger partial charge in [0.15, 0.2) is 0 Å². The highest BCUT2D eigenvalue weighted by Crippen LogP contribution is 2.14. The summed E-state index contributed by atoms with van der Waals surface area (Å²) in [5.41, 5.74) is 5.92. The zero-order valence-electron chi connectivity index (χ0n) is 8.42. The van der Waals surface area contributed by atoms with Crippen LogP contribution in [0.3, 0.4) is 0 Å². The minimum absolute atomic E-state index is 0.429. The molecule has 0 spiro atoms. The Bertz CT molecular complexity index is 125. The number of rotatable bonds is 3. The summed E-state index contributed by atoms with van der Waals surface area (Å²) in [6.07, 6.45) is 5.10. The van der Waals surface area contributed by atoms with Crippen molar-refractivity contribution in [2.24, 2.45) is 5.73 Å². The van der Waals surface area contributed by atoms with Gasteiger partial charge in [-0.25, -0.2) is 0 Å². The van der Waals surface area contributed by atoms with Crippen LogP contribution in [0.5, 0.6) is 0 Å². The van der Waals surface area contributed by atoms with E-state index in [-0.39, 0.29) is 0 Å². The van der Waals surface area contributed by atoms with E-state index < -0.39 is 0 Å². The second-order valence-corrected chi connectivity index (χ2v) is 4.03. The lowest BCUT2D eigenvalue weighted by Crippen LogP contribution is -2.46. The van der Waals surface area contributed by atoms with E-state index in [9.17, 15) is 0 Å². The lowest BCUT2D eigenvalue weighted by atomic mass is 10.0. The molecule has 12 heavy (non-hydrogen) atoms. The third-order valence-corrected chi connectivity index (χ3v) is 2.82. The fourth-order valence-electron chi connectivity index (χ4n) is 2.04. The van der Waals surface area contributed by atoms with Gasteiger partial charge in [-0.1, -0.05) is 13.3 Å². The fourth-order valence-corrected chi connectivity index (χ4v) is 2.04. The topological polar surface area (TPSA) is 29.3 Å². The SMILES string of the molecule is CCCC(C)N1CCCC(N)C1. The average Bonchev–Trinajstić information content (AvgIpc) is 2.05. The zero-order valence-corrected chi connectivity index (χ0v) is 8.42. The summed E-state index contributed by atoms with van der Waals surface area (Å²) in [6.45, 7) is 6.94. The summed E-state index contributed by atoms with van der Waals surface area (Å²) in [5.74, 6) is 0. The van der Waals surface area contributed by atoms with E-state index in [1.54, 1.807) is 0 Å². The molecule has 0 amide bonds. The summed E-state index contributed by atoms with van der Waals surface area (Å²) in [5, 5.41) is 0. The first-order valence-corrected chi connectivity index (χ1v) is 5.23. The molecule has 1 aliphatic heterocycles. The van der Waals surface area contributed by atoms with Gasteiger partial charge < -0.3 is 5.73 Å². The van der Waals surface area contributed by atoms with Crippen molar-refractivity contribution >= 4 is 0 Å². The van der Waals surface area contributed by atoms with E-state index in [1.165, 1.54) is 32.2 Å². The van der Waals surface area contributed by atoms with Crippen molar-refractivity contribution in [1.29, 1.82) is 0 Å². The molecule has 0 radical (unpaired) electrons. The number of nitrogens with two attached hydrogens (primary N) is 1. The first-order chi connectivity index (χ1) is 5.74. The molecule has 1 heterocycles. The fraction of sp³-hybridized carbons (Fsp3) is 1.00. The monoisotopic (exact) mass is 170 g/mol. The molecule has 1 fully saturated rings. The van der Waals surface area contributed by atoms with E-state index in [0.29, 0.717) is 6.04 Å². The molecular formula is C10H22N2. The van der Waals surface area contributed by atoms with Crippen molar-refractivity contribution in [2.75, 3.05) is 13.1 Å². The molecule has 1 aliphatic rings. The van der Waals surface area contributed by atoms with Crippen molar-refractivity contribution in [3.05, 3.63) is 0 Å². The molecule has 2 nitrogen and oxygen atoms in total. The largest absolute Gasteiger partial charge is 0.327 e. The summed E-state index contributed by atoms with van der Waals surface area (Å²) in [4.78, 5) is 2.54. The molecule has 2 unspecified atom stereocenters. The third-order valence-electron chi connectivity index (χ3n) is 2.82. The van der Waals surface area contributed by atoms with Crippen molar-refractivity contribution in [3.8, 4) is 0 Å². The summed E-state index contributed by atoms with van der Waals surface area (Å²) in [6, 6.07) is 1.17. The molecule has 0 bridgehead atoms. The van der Waals surface area contributed by atoms with E-state index in [2.05, 4.69) is 18.7 Å². The Morgan fingerprint density at radius 1 is 1.58 bits per heavy atom. The summed E-state index contributed by atoms with van der Waals surface area (Å²) in [7, 11) is 0. The average molecular weight is 170 g/mol. The number of piperidine rings is 1. The van der Waals surface area contributed by atoms with Crippen molar-refractivity contribution in [2.45, 2.75) is 51.6 Å². The number of likely N-dealkylation sites (tertiary alicyclic amines) is 1. The van der Waals surface area contributed by atoms with Crippen molar-refractivity contribution in [3.63, 3.8) is 0 Å². The van der Waals surface area contributed by atoms with Crippen molar-refractivity contribution < 1.29 is 0 Å². The standard InChI is InChI=1S/C10H22N2/c1-3-5-9(2)12-7-4-6-10(11)8-12/h9-10H,3-8,11H2,1-2H3. The molecule has 72 valence electrons. The maximum absolute atomic E-state index is 5.92. The van der Waals surface area contributed by atoms with Gasteiger partial charge in [-0.3, -0.25) is 4.90 Å². The minimum Gasteiger partial charge on any atom is -0.327 e. The van der Waals surface area contributed by atoms with E-state index >= 15 is 0 Å². The minimum atomic E-state index is 0.429. The Morgan fingerprint density at radius 3 is 2.92 bits per heavy atom. The maximum atomic E-state index is 5.92. The quantitative estimate of drug-likeness (QED) is 0.697. The lowest BCUT2D eigenvalue weighted by Gasteiger charge is -2.35.